The fourth-order valence-electron chi connectivity index (χ4n) is 3.38. The van der Waals surface area contributed by atoms with Crippen LogP contribution < -0.4 is 5.73 Å². The minimum Gasteiger partial charge on any atom is -0.321 e. The Kier molecular flexibility index (Phi) is 2.70. The van der Waals surface area contributed by atoms with Gasteiger partial charge in [-0.25, -0.2) is 4.39 Å². The number of hydrogen-bond acceptors (Lipinski definition) is 1. The summed E-state index contributed by atoms with van der Waals surface area (Å²) >= 11 is 0. The van der Waals surface area contributed by atoms with E-state index in [4.69, 9.17) is 5.73 Å². The fourth-order valence-corrected chi connectivity index (χ4v) is 3.38. The standard InChI is InChI=1S/C15H20FN/c16-14-5-1-4-13(9-14)15(17)8-2-3-12(10-15)11-6-7-11/h1,4-5,9,11-12H,2-3,6-8,10,17H2. The zero-order valence-corrected chi connectivity index (χ0v) is 10.2. The molecule has 0 spiro atoms. The van der Waals surface area contributed by atoms with E-state index in [0.717, 1.165) is 30.2 Å². The number of nitrogens with two attached hydrogens (primary N) is 1. The number of rotatable bonds is 2. The summed E-state index contributed by atoms with van der Waals surface area (Å²) in [5, 5.41) is 0. The molecule has 2 N–H and O–H groups in total. The Morgan fingerprint density at radius 1 is 1.18 bits per heavy atom. The molecule has 2 fully saturated rings. The van der Waals surface area contributed by atoms with E-state index in [9.17, 15) is 4.39 Å². The molecule has 2 heteroatoms. The van der Waals surface area contributed by atoms with Crippen LogP contribution in [-0.2, 0) is 5.54 Å². The van der Waals surface area contributed by atoms with E-state index in [-0.39, 0.29) is 11.4 Å². The maximum Gasteiger partial charge on any atom is 0.123 e. The summed E-state index contributed by atoms with van der Waals surface area (Å²) < 4.78 is 13.3. The van der Waals surface area contributed by atoms with Crippen molar-refractivity contribution in [3.05, 3.63) is 35.6 Å². The van der Waals surface area contributed by atoms with Crippen molar-refractivity contribution in [2.75, 3.05) is 0 Å². The van der Waals surface area contributed by atoms with Crippen LogP contribution in [0.15, 0.2) is 24.3 Å². The average molecular weight is 233 g/mol. The second-order valence-corrected chi connectivity index (χ2v) is 5.86. The molecule has 2 atom stereocenters. The van der Waals surface area contributed by atoms with Crippen LogP contribution in [0.3, 0.4) is 0 Å². The van der Waals surface area contributed by atoms with E-state index in [1.54, 1.807) is 12.1 Å². The summed E-state index contributed by atoms with van der Waals surface area (Å²) in [6, 6.07) is 6.88. The summed E-state index contributed by atoms with van der Waals surface area (Å²) in [6.45, 7) is 0. The lowest BCUT2D eigenvalue weighted by Gasteiger charge is -2.38. The van der Waals surface area contributed by atoms with Crippen LogP contribution in [0.2, 0.25) is 0 Å². The Bertz CT molecular complexity index is 413. The Morgan fingerprint density at radius 3 is 2.71 bits per heavy atom. The van der Waals surface area contributed by atoms with Gasteiger partial charge in [0.2, 0.25) is 0 Å². The van der Waals surface area contributed by atoms with Gasteiger partial charge >= 0.3 is 0 Å². The van der Waals surface area contributed by atoms with Gasteiger partial charge in [-0.3, -0.25) is 0 Å². The normalized spacial score (nSPS) is 33.6. The van der Waals surface area contributed by atoms with Gasteiger partial charge in [-0.2, -0.15) is 0 Å². The minimum absolute atomic E-state index is 0.166. The van der Waals surface area contributed by atoms with Crippen LogP contribution in [0.5, 0.6) is 0 Å². The van der Waals surface area contributed by atoms with Gasteiger partial charge in [0, 0.05) is 5.54 Å². The Morgan fingerprint density at radius 2 is 2.00 bits per heavy atom. The van der Waals surface area contributed by atoms with Crippen LogP contribution >= 0.6 is 0 Å². The molecule has 0 bridgehead atoms. The highest BCUT2D eigenvalue weighted by Crippen LogP contribution is 2.48. The molecule has 2 saturated carbocycles. The first-order chi connectivity index (χ1) is 8.17. The van der Waals surface area contributed by atoms with Crippen molar-refractivity contribution in [3.63, 3.8) is 0 Å². The molecule has 17 heavy (non-hydrogen) atoms. The SMILES string of the molecule is NC1(c2cccc(F)c2)CCCC(C2CC2)C1. The molecular weight excluding hydrogens is 213 g/mol. The predicted octanol–water partition coefficient (Wildman–Crippen LogP) is 3.58. The fraction of sp³-hybridized carbons (Fsp3) is 0.600. The maximum absolute atomic E-state index is 13.3. The third kappa shape index (κ3) is 2.23. The van der Waals surface area contributed by atoms with E-state index in [1.165, 1.54) is 31.7 Å². The van der Waals surface area contributed by atoms with Crippen LogP contribution in [-0.4, -0.2) is 0 Å². The lowest BCUT2D eigenvalue weighted by atomic mass is 9.71. The lowest BCUT2D eigenvalue weighted by molar-refractivity contribution is 0.206. The molecule has 92 valence electrons. The molecule has 2 aliphatic rings. The van der Waals surface area contributed by atoms with Crippen molar-refractivity contribution < 1.29 is 4.39 Å². The van der Waals surface area contributed by atoms with E-state index < -0.39 is 0 Å². The highest BCUT2D eigenvalue weighted by Gasteiger charge is 2.40. The van der Waals surface area contributed by atoms with E-state index in [1.807, 2.05) is 6.07 Å². The summed E-state index contributed by atoms with van der Waals surface area (Å²) in [6.07, 6.45) is 7.31. The van der Waals surface area contributed by atoms with Gasteiger partial charge in [0.15, 0.2) is 0 Å². The van der Waals surface area contributed by atoms with Gasteiger partial charge in [-0.15, -0.1) is 0 Å². The van der Waals surface area contributed by atoms with Crippen LogP contribution in [0.1, 0.15) is 44.1 Å². The lowest BCUT2D eigenvalue weighted by Crippen LogP contribution is -2.42. The second-order valence-electron chi connectivity index (χ2n) is 5.86. The Balaban J connectivity index is 1.83. The topological polar surface area (TPSA) is 26.0 Å². The summed E-state index contributed by atoms with van der Waals surface area (Å²) in [7, 11) is 0. The van der Waals surface area contributed by atoms with Crippen molar-refractivity contribution in [3.8, 4) is 0 Å². The zero-order valence-electron chi connectivity index (χ0n) is 10.2. The summed E-state index contributed by atoms with van der Waals surface area (Å²) in [5.41, 5.74) is 7.24. The van der Waals surface area contributed by atoms with E-state index in [2.05, 4.69) is 0 Å². The molecule has 0 aliphatic heterocycles. The van der Waals surface area contributed by atoms with Gasteiger partial charge in [-0.1, -0.05) is 25.0 Å². The smallest absolute Gasteiger partial charge is 0.123 e. The number of benzene rings is 1. The average Bonchev–Trinajstić information content (AvgIpc) is 3.13. The quantitative estimate of drug-likeness (QED) is 0.830. The zero-order chi connectivity index (χ0) is 11.9. The van der Waals surface area contributed by atoms with Crippen LogP contribution in [0.4, 0.5) is 4.39 Å². The molecule has 2 unspecified atom stereocenters. The van der Waals surface area contributed by atoms with Crippen molar-refractivity contribution in [1.82, 2.24) is 0 Å². The Hall–Kier alpha value is -0.890. The van der Waals surface area contributed by atoms with Gasteiger partial charge in [0.1, 0.15) is 5.82 Å². The highest BCUT2D eigenvalue weighted by atomic mass is 19.1. The van der Waals surface area contributed by atoms with Gasteiger partial charge < -0.3 is 5.73 Å². The molecule has 3 rings (SSSR count). The van der Waals surface area contributed by atoms with Gasteiger partial charge in [0.05, 0.1) is 0 Å². The first-order valence-electron chi connectivity index (χ1n) is 6.72. The molecule has 0 radical (unpaired) electrons. The monoisotopic (exact) mass is 233 g/mol. The largest absolute Gasteiger partial charge is 0.321 e. The third-order valence-corrected chi connectivity index (χ3v) is 4.51. The van der Waals surface area contributed by atoms with Gasteiger partial charge in [0.25, 0.3) is 0 Å². The molecule has 2 aliphatic carbocycles. The first-order valence-corrected chi connectivity index (χ1v) is 6.72. The van der Waals surface area contributed by atoms with Crippen molar-refractivity contribution >= 4 is 0 Å². The predicted molar refractivity (Wildman–Crippen MR) is 66.9 cm³/mol. The molecular formula is C15H20FN. The van der Waals surface area contributed by atoms with Crippen molar-refractivity contribution in [2.45, 2.75) is 44.1 Å². The first kappa shape index (κ1) is 11.2. The van der Waals surface area contributed by atoms with Crippen molar-refractivity contribution in [2.24, 2.45) is 17.6 Å². The maximum atomic E-state index is 13.3. The van der Waals surface area contributed by atoms with E-state index >= 15 is 0 Å². The summed E-state index contributed by atoms with van der Waals surface area (Å²) in [4.78, 5) is 0. The Labute approximate surface area is 102 Å². The number of hydrogen-bond donors (Lipinski definition) is 1. The molecule has 1 aromatic carbocycles. The molecule has 0 heterocycles. The highest BCUT2D eigenvalue weighted by molar-refractivity contribution is 5.25. The molecule has 0 amide bonds. The third-order valence-electron chi connectivity index (χ3n) is 4.51. The molecule has 0 saturated heterocycles. The number of halogens is 1. The summed E-state index contributed by atoms with van der Waals surface area (Å²) in [5.74, 6) is 1.52. The van der Waals surface area contributed by atoms with Crippen LogP contribution in [0.25, 0.3) is 0 Å². The molecule has 1 aromatic rings. The minimum atomic E-state index is -0.284. The molecule has 1 nitrogen and oxygen atoms in total. The van der Waals surface area contributed by atoms with E-state index in [0.29, 0.717) is 0 Å². The van der Waals surface area contributed by atoms with Crippen LogP contribution in [0, 0.1) is 17.7 Å². The second kappa shape index (κ2) is 4.09. The van der Waals surface area contributed by atoms with Gasteiger partial charge in [-0.05, 0) is 55.2 Å². The van der Waals surface area contributed by atoms with Crippen molar-refractivity contribution in [1.29, 1.82) is 0 Å². The molecule has 0 aromatic heterocycles.